The van der Waals surface area contributed by atoms with Crippen LogP contribution in [0.5, 0.6) is 0 Å². The number of rotatable bonds is 2. The molecule has 1 aromatic rings. The lowest BCUT2D eigenvalue weighted by Crippen LogP contribution is -2.27. The lowest BCUT2D eigenvalue weighted by Gasteiger charge is -2.18. The molecular weight excluding hydrogens is 224 g/mol. The Balaban J connectivity index is 2.87. The zero-order valence-electron chi connectivity index (χ0n) is 9.80. The van der Waals surface area contributed by atoms with Crippen LogP contribution in [-0.4, -0.2) is 5.91 Å². The molecule has 0 aliphatic carbocycles. The molecule has 0 radical (unpaired) electrons. The number of halogens is 1. The number of amides is 1. The lowest BCUT2D eigenvalue weighted by molar-refractivity contribution is -0.123. The minimum absolute atomic E-state index is 0.0298. The van der Waals surface area contributed by atoms with Gasteiger partial charge in [0.2, 0.25) is 5.91 Å². The van der Waals surface area contributed by atoms with E-state index in [4.69, 9.17) is 17.3 Å². The van der Waals surface area contributed by atoms with E-state index in [1.54, 1.807) is 18.2 Å². The number of carbonyl (C=O) groups is 1. The average Bonchev–Trinajstić information content (AvgIpc) is 2.19. The third-order valence-corrected chi connectivity index (χ3v) is 2.57. The molecule has 0 aromatic heterocycles. The second-order valence-electron chi connectivity index (χ2n) is 4.71. The van der Waals surface area contributed by atoms with Gasteiger partial charge in [0.1, 0.15) is 0 Å². The van der Waals surface area contributed by atoms with Crippen LogP contribution in [0.2, 0.25) is 5.02 Å². The molecule has 1 amide bonds. The Kier molecular flexibility index (Phi) is 3.94. The molecule has 0 aliphatic heterocycles. The van der Waals surface area contributed by atoms with Gasteiger partial charge in [0.15, 0.2) is 0 Å². The normalized spacial score (nSPS) is 11.3. The van der Waals surface area contributed by atoms with Gasteiger partial charge in [0.05, 0.1) is 0 Å². The van der Waals surface area contributed by atoms with Crippen LogP contribution in [0, 0.1) is 5.41 Å². The smallest absolute Gasteiger partial charge is 0.229 e. The van der Waals surface area contributed by atoms with E-state index in [0.717, 1.165) is 11.3 Å². The Hall–Kier alpha value is -1.06. The van der Waals surface area contributed by atoms with E-state index in [9.17, 15) is 4.79 Å². The fourth-order valence-corrected chi connectivity index (χ4v) is 1.32. The van der Waals surface area contributed by atoms with Crippen LogP contribution >= 0.6 is 11.6 Å². The van der Waals surface area contributed by atoms with Gasteiger partial charge in [-0.3, -0.25) is 4.79 Å². The van der Waals surface area contributed by atoms with Gasteiger partial charge in [0, 0.05) is 22.7 Å². The molecule has 0 fully saturated rings. The fourth-order valence-electron chi connectivity index (χ4n) is 1.13. The molecule has 3 nitrogen and oxygen atoms in total. The molecule has 0 spiro atoms. The van der Waals surface area contributed by atoms with E-state index in [1.165, 1.54) is 0 Å². The molecule has 0 unspecified atom stereocenters. The largest absolute Gasteiger partial charge is 0.326 e. The predicted octanol–water partition coefficient (Wildman–Crippen LogP) is 2.78. The van der Waals surface area contributed by atoms with Crippen LogP contribution in [-0.2, 0) is 11.3 Å². The number of nitrogens with two attached hydrogens (primary N) is 1. The molecule has 0 aliphatic rings. The summed E-state index contributed by atoms with van der Waals surface area (Å²) < 4.78 is 0. The van der Waals surface area contributed by atoms with Gasteiger partial charge in [0.25, 0.3) is 0 Å². The first-order valence-corrected chi connectivity index (χ1v) is 5.52. The van der Waals surface area contributed by atoms with E-state index >= 15 is 0 Å². The number of nitrogens with one attached hydrogen (secondary N) is 1. The summed E-state index contributed by atoms with van der Waals surface area (Å²) in [7, 11) is 0. The van der Waals surface area contributed by atoms with Crippen molar-refractivity contribution in [2.24, 2.45) is 11.1 Å². The van der Waals surface area contributed by atoms with Crippen LogP contribution in [0.1, 0.15) is 26.3 Å². The van der Waals surface area contributed by atoms with E-state index in [2.05, 4.69) is 5.32 Å². The monoisotopic (exact) mass is 240 g/mol. The number of hydrogen-bond acceptors (Lipinski definition) is 2. The summed E-state index contributed by atoms with van der Waals surface area (Å²) in [5.41, 5.74) is 6.68. The van der Waals surface area contributed by atoms with Crippen LogP contribution in [0.15, 0.2) is 18.2 Å². The Bertz CT molecular complexity index is 396. The zero-order chi connectivity index (χ0) is 12.3. The first-order chi connectivity index (χ1) is 7.34. The van der Waals surface area contributed by atoms with Crippen molar-refractivity contribution < 1.29 is 4.79 Å². The van der Waals surface area contributed by atoms with E-state index in [1.807, 2.05) is 20.8 Å². The maximum atomic E-state index is 11.7. The molecule has 0 bridgehead atoms. The molecule has 1 rings (SSSR count). The van der Waals surface area contributed by atoms with Gasteiger partial charge in [-0.1, -0.05) is 32.4 Å². The second-order valence-corrected chi connectivity index (χ2v) is 5.12. The maximum absolute atomic E-state index is 11.7. The third-order valence-electron chi connectivity index (χ3n) is 2.20. The predicted molar refractivity (Wildman–Crippen MR) is 67.4 cm³/mol. The zero-order valence-corrected chi connectivity index (χ0v) is 10.6. The summed E-state index contributed by atoms with van der Waals surface area (Å²) in [5.74, 6) is -0.0298. The van der Waals surface area contributed by atoms with Gasteiger partial charge in [-0.25, -0.2) is 0 Å². The summed E-state index contributed by atoms with van der Waals surface area (Å²) >= 11 is 5.93. The summed E-state index contributed by atoms with van der Waals surface area (Å²) in [6, 6.07) is 5.30. The maximum Gasteiger partial charge on any atom is 0.229 e. The number of benzene rings is 1. The number of carbonyl (C=O) groups excluding carboxylic acids is 1. The summed E-state index contributed by atoms with van der Waals surface area (Å²) in [5, 5.41) is 3.45. The molecule has 0 saturated heterocycles. The van der Waals surface area contributed by atoms with Crippen molar-refractivity contribution >= 4 is 23.2 Å². The molecule has 1 aromatic carbocycles. The minimum Gasteiger partial charge on any atom is -0.326 e. The van der Waals surface area contributed by atoms with Gasteiger partial charge in [-0.05, 0) is 23.8 Å². The van der Waals surface area contributed by atoms with Crippen LogP contribution in [0.4, 0.5) is 5.69 Å². The lowest BCUT2D eigenvalue weighted by atomic mass is 9.95. The second kappa shape index (κ2) is 4.85. The highest BCUT2D eigenvalue weighted by atomic mass is 35.5. The topological polar surface area (TPSA) is 55.1 Å². The van der Waals surface area contributed by atoms with Crippen molar-refractivity contribution in [3.05, 3.63) is 28.8 Å². The molecule has 4 heteroatoms. The van der Waals surface area contributed by atoms with Crippen molar-refractivity contribution in [2.75, 3.05) is 5.32 Å². The van der Waals surface area contributed by atoms with Crippen molar-refractivity contribution in [3.8, 4) is 0 Å². The van der Waals surface area contributed by atoms with E-state index in [-0.39, 0.29) is 5.91 Å². The van der Waals surface area contributed by atoms with Crippen molar-refractivity contribution in [3.63, 3.8) is 0 Å². The quantitative estimate of drug-likeness (QED) is 0.835. The highest BCUT2D eigenvalue weighted by Gasteiger charge is 2.21. The van der Waals surface area contributed by atoms with E-state index < -0.39 is 5.41 Å². The Morgan fingerprint density at radius 1 is 1.44 bits per heavy atom. The number of hydrogen-bond donors (Lipinski definition) is 2. The Morgan fingerprint density at radius 3 is 2.56 bits per heavy atom. The van der Waals surface area contributed by atoms with Gasteiger partial charge < -0.3 is 11.1 Å². The molecule has 3 N–H and O–H groups in total. The molecule has 88 valence electrons. The van der Waals surface area contributed by atoms with Gasteiger partial charge in [-0.15, -0.1) is 0 Å². The first kappa shape index (κ1) is 13.0. The van der Waals surface area contributed by atoms with Gasteiger partial charge in [-0.2, -0.15) is 0 Å². The SMILES string of the molecule is CC(C)(C)C(=O)Nc1ccc(Cl)c(CN)c1. The average molecular weight is 241 g/mol. The van der Waals surface area contributed by atoms with Crippen molar-refractivity contribution in [1.82, 2.24) is 0 Å². The first-order valence-electron chi connectivity index (χ1n) is 5.14. The molecule has 16 heavy (non-hydrogen) atoms. The summed E-state index contributed by atoms with van der Waals surface area (Å²) in [6.07, 6.45) is 0. The van der Waals surface area contributed by atoms with Crippen LogP contribution < -0.4 is 11.1 Å². The standard InChI is InChI=1S/C12H17ClN2O/c1-12(2,3)11(16)15-9-4-5-10(13)8(6-9)7-14/h4-6H,7,14H2,1-3H3,(H,15,16). The molecular formula is C12H17ClN2O. The van der Waals surface area contributed by atoms with Crippen molar-refractivity contribution in [2.45, 2.75) is 27.3 Å². The van der Waals surface area contributed by atoms with Crippen molar-refractivity contribution in [1.29, 1.82) is 0 Å². The van der Waals surface area contributed by atoms with Gasteiger partial charge >= 0.3 is 0 Å². The highest BCUT2D eigenvalue weighted by molar-refractivity contribution is 6.31. The molecule has 0 atom stereocenters. The Morgan fingerprint density at radius 2 is 2.06 bits per heavy atom. The summed E-state index contributed by atoms with van der Waals surface area (Å²) in [6.45, 7) is 5.95. The highest BCUT2D eigenvalue weighted by Crippen LogP contribution is 2.22. The van der Waals surface area contributed by atoms with E-state index in [0.29, 0.717) is 11.6 Å². The molecule has 0 saturated carbocycles. The fraction of sp³-hybridized carbons (Fsp3) is 0.417. The minimum atomic E-state index is -0.414. The molecule has 0 heterocycles. The number of anilines is 1. The van der Waals surface area contributed by atoms with Crippen LogP contribution in [0.3, 0.4) is 0 Å². The summed E-state index contributed by atoms with van der Waals surface area (Å²) in [4.78, 5) is 11.7. The third kappa shape index (κ3) is 3.22. The Labute approximate surface area is 101 Å². The van der Waals surface area contributed by atoms with Crippen LogP contribution in [0.25, 0.3) is 0 Å².